The van der Waals surface area contributed by atoms with Gasteiger partial charge in [0.25, 0.3) is 0 Å². The van der Waals surface area contributed by atoms with Crippen LogP contribution in [0.2, 0.25) is 0 Å². The maximum atomic E-state index is 11.4. The van der Waals surface area contributed by atoms with Gasteiger partial charge < -0.3 is 4.55 Å². The molecule has 0 bridgehead atoms. The van der Waals surface area contributed by atoms with Crippen LogP contribution in [-0.2, 0) is 16.5 Å². The molecule has 24 heavy (non-hydrogen) atoms. The number of hydrogen-bond donors (Lipinski definition) is 0. The second-order valence-electron chi connectivity index (χ2n) is 6.09. The molecule has 0 fully saturated rings. The van der Waals surface area contributed by atoms with Gasteiger partial charge in [-0.1, -0.05) is 75.8 Å². The third kappa shape index (κ3) is 6.52. The fraction of sp³-hybridized carbons (Fsp3) is 0.474. The molecule has 2 rings (SSSR count). The minimum atomic E-state index is -4.43. The van der Waals surface area contributed by atoms with Gasteiger partial charge in [0.15, 0.2) is 0 Å². The van der Waals surface area contributed by atoms with Crippen LogP contribution in [0.4, 0.5) is 0 Å². The fourth-order valence-electron chi connectivity index (χ4n) is 3.04. The summed E-state index contributed by atoms with van der Waals surface area (Å²) in [6.45, 7) is 2.22. The van der Waals surface area contributed by atoms with Crippen molar-refractivity contribution in [3.63, 3.8) is 0 Å². The molecule has 2 aromatic rings. The van der Waals surface area contributed by atoms with E-state index < -0.39 is 10.1 Å². The number of rotatable bonds is 9. The monoisotopic (exact) mass is 372 g/mol. The zero-order valence-electron chi connectivity index (χ0n) is 14.8. The Hall–Kier alpha value is 0.246. The number of unbranched alkanes of at least 4 members (excludes halogenated alkanes) is 6. The summed E-state index contributed by atoms with van der Waals surface area (Å²) in [7, 11) is -4.43. The Balaban J connectivity index is 0.00000288. The predicted octanol–water partition coefficient (Wildman–Crippen LogP) is 2.04. The Kier molecular flexibility index (Phi) is 10.3. The maximum Gasteiger partial charge on any atom is 1.00 e. The van der Waals surface area contributed by atoms with Gasteiger partial charge in [0.1, 0.15) is 10.1 Å². The number of aryl methyl sites for hydroxylation is 1. The predicted molar refractivity (Wildman–Crippen MR) is 93.6 cm³/mol. The molecule has 0 unspecified atom stereocenters. The Morgan fingerprint density at radius 3 is 2.04 bits per heavy atom. The molecule has 0 spiro atoms. The second-order valence-corrected chi connectivity index (χ2v) is 7.44. The van der Waals surface area contributed by atoms with Crippen LogP contribution in [0.5, 0.6) is 0 Å². The Labute approximate surface area is 188 Å². The summed E-state index contributed by atoms with van der Waals surface area (Å²) >= 11 is 0. The van der Waals surface area contributed by atoms with Gasteiger partial charge in [0, 0.05) is 0 Å². The summed E-state index contributed by atoms with van der Waals surface area (Å²) in [5.41, 5.74) is 1.13. The molecule has 0 atom stereocenters. The minimum Gasteiger partial charge on any atom is -0.744 e. The minimum absolute atomic E-state index is 0. The van der Waals surface area contributed by atoms with Gasteiger partial charge in [-0.3, -0.25) is 0 Å². The van der Waals surface area contributed by atoms with E-state index in [0.29, 0.717) is 5.39 Å². The maximum absolute atomic E-state index is 11.4. The van der Waals surface area contributed by atoms with Crippen LogP contribution in [0.1, 0.15) is 57.4 Å². The Morgan fingerprint density at radius 2 is 1.42 bits per heavy atom. The molecular formula is C19H25KO3S. The third-order valence-corrected chi connectivity index (χ3v) is 5.19. The standard InChI is InChI=1S/C19H26O3S.K/c1-2-3-4-5-6-7-8-11-16-14-15-19(23(20,21)22)18-13-10-9-12-17(16)18;/h9-10,12-15H,2-8,11H2,1H3,(H,20,21,22);/q;+1/p-1. The van der Waals surface area contributed by atoms with Gasteiger partial charge in [-0.15, -0.1) is 0 Å². The normalized spacial score (nSPS) is 11.4. The summed E-state index contributed by atoms with van der Waals surface area (Å²) < 4.78 is 34.2. The first kappa shape index (κ1) is 22.3. The van der Waals surface area contributed by atoms with Crippen molar-refractivity contribution in [2.75, 3.05) is 0 Å². The summed E-state index contributed by atoms with van der Waals surface area (Å²) in [6, 6.07) is 10.5. The van der Waals surface area contributed by atoms with Crippen LogP contribution >= 0.6 is 0 Å². The van der Waals surface area contributed by atoms with E-state index in [1.165, 1.54) is 44.6 Å². The summed E-state index contributed by atoms with van der Waals surface area (Å²) in [4.78, 5) is -0.114. The molecule has 5 heteroatoms. The molecule has 0 saturated heterocycles. The van der Waals surface area contributed by atoms with E-state index >= 15 is 0 Å². The Morgan fingerprint density at radius 1 is 0.833 bits per heavy atom. The SMILES string of the molecule is CCCCCCCCCc1ccc(S(=O)(=O)[O-])c2ccccc12.[K+]. The molecule has 2 aromatic carbocycles. The second kappa shape index (κ2) is 11.1. The van der Waals surface area contributed by atoms with Gasteiger partial charge in [0.05, 0.1) is 4.90 Å². The van der Waals surface area contributed by atoms with Crippen molar-refractivity contribution in [1.29, 1.82) is 0 Å². The van der Waals surface area contributed by atoms with Crippen LogP contribution < -0.4 is 51.4 Å². The van der Waals surface area contributed by atoms with Crippen LogP contribution in [0.15, 0.2) is 41.3 Å². The first-order valence-corrected chi connectivity index (χ1v) is 9.91. The zero-order chi connectivity index (χ0) is 16.7. The van der Waals surface area contributed by atoms with E-state index in [0.717, 1.165) is 23.8 Å². The Bertz CT molecular complexity index is 741. The van der Waals surface area contributed by atoms with Gasteiger partial charge in [-0.2, -0.15) is 0 Å². The van der Waals surface area contributed by atoms with Gasteiger partial charge in [0.2, 0.25) is 0 Å². The topological polar surface area (TPSA) is 57.2 Å². The summed E-state index contributed by atoms with van der Waals surface area (Å²) in [5.74, 6) is 0. The average Bonchev–Trinajstić information content (AvgIpc) is 2.53. The van der Waals surface area contributed by atoms with Gasteiger partial charge in [-0.25, -0.2) is 8.42 Å². The quantitative estimate of drug-likeness (QED) is 0.384. The van der Waals surface area contributed by atoms with Crippen LogP contribution in [0.25, 0.3) is 10.8 Å². The first-order chi connectivity index (χ1) is 11.0. The number of benzene rings is 2. The van der Waals surface area contributed by atoms with Crippen LogP contribution in [-0.4, -0.2) is 13.0 Å². The van der Waals surface area contributed by atoms with Crippen molar-refractivity contribution in [3.8, 4) is 0 Å². The van der Waals surface area contributed by atoms with E-state index in [9.17, 15) is 13.0 Å². The number of hydrogen-bond acceptors (Lipinski definition) is 3. The smallest absolute Gasteiger partial charge is 0.744 e. The molecule has 0 heterocycles. The zero-order valence-corrected chi connectivity index (χ0v) is 18.7. The molecule has 126 valence electrons. The van der Waals surface area contributed by atoms with Gasteiger partial charge >= 0.3 is 51.4 Å². The largest absolute Gasteiger partial charge is 1.00 e. The van der Waals surface area contributed by atoms with E-state index in [2.05, 4.69) is 6.92 Å². The van der Waals surface area contributed by atoms with E-state index in [-0.39, 0.29) is 56.3 Å². The van der Waals surface area contributed by atoms with E-state index in [4.69, 9.17) is 0 Å². The van der Waals surface area contributed by atoms with E-state index in [1.54, 1.807) is 18.2 Å². The summed E-state index contributed by atoms with van der Waals surface area (Å²) in [5, 5.41) is 1.43. The van der Waals surface area contributed by atoms with Crippen molar-refractivity contribution in [1.82, 2.24) is 0 Å². The van der Waals surface area contributed by atoms with Crippen LogP contribution in [0.3, 0.4) is 0 Å². The van der Waals surface area contributed by atoms with Crippen molar-refractivity contribution in [3.05, 3.63) is 42.0 Å². The van der Waals surface area contributed by atoms with Crippen molar-refractivity contribution in [2.45, 2.75) is 63.2 Å². The molecule has 0 saturated carbocycles. The molecule has 0 aliphatic heterocycles. The molecule has 0 N–H and O–H groups in total. The molecule has 0 aliphatic rings. The van der Waals surface area contributed by atoms with Crippen molar-refractivity contribution >= 4 is 20.9 Å². The van der Waals surface area contributed by atoms with Crippen molar-refractivity contribution < 1.29 is 64.4 Å². The molecule has 0 aromatic heterocycles. The molecule has 0 radical (unpaired) electrons. The molecule has 3 nitrogen and oxygen atoms in total. The first-order valence-electron chi connectivity index (χ1n) is 8.50. The third-order valence-electron chi connectivity index (χ3n) is 4.29. The molecule has 0 amide bonds. The van der Waals surface area contributed by atoms with E-state index in [1.807, 2.05) is 12.1 Å². The molecule has 0 aliphatic carbocycles. The van der Waals surface area contributed by atoms with Gasteiger partial charge in [-0.05, 0) is 35.2 Å². The summed E-state index contributed by atoms with van der Waals surface area (Å²) in [6.07, 6.45) is 9.66. The fourth-order valence-corrected chi connectivity index (χ4v) is 3.72. The van der Waals surface area contributed by atoms with Crippen molar-refractivity contribution in [2.24, 2.45) is 0 Å². The molecular weight excluding hydrogens is 347 g/mol. The van der Waals surface area contributed by atoms with Crippen LogP contribution in [0, 0.1) is 0 Å². The average molecular weight is 373 g/mol. The number of fused-ring (bicyclic) bond motifs is 1.